The molecule has 5 rings (SSSR count). The van der Waals surface area contributed by atoms with Crippen molar-refractivity contribution < 1.29 is 4.79 Å². The smallest absolute Gasteiger partial charge is 0.268 e. The van der Waals surface area contributed by atoms with Crippen LogP contribution in [0.4, 0.5) is 5.13 Å². The van der Waals surface area contributed by atoms with Crippen LogP contribution in [-0.4, -0.2) is 15.5 Å². The number of hydrogen-bond donors (Lipinski definition) is 1. The number of para-hydroxylation sites is 1. The van der Waals surface area contributed by atoms with E-state index >= 15 is 0 Å². The van der Waals surface area contributed by atoms with Gasteiger partial charge in [0.1, 0.15) is 11.6 Å². The van der Waals surface area contributed by atoms with E-state index in [1.165, 1.54) is 16.9 Å². The first-order valence-corrected chi connectivity index (χ1v) is 12.9. The van der Waals surface area contributed by atoms with Gasteiger partial charge < -0.3 is 4.57 Å². The molecule has 2 aromatic heterocycles. The van der Waals surface area contributed by atoms with Gasteiger partial charge in [-0.1, -0.05) is 76.6 Å². The maximum atomic E-state index is 12.9. The van der Waals surface area contributed by atoms with Gasteiger partial charge >= 0.3 is 0 Å². The van der Waals surface area contributed by atoms with Gasteiger partial charge in [-0.05, 0) is 35.4 Å². The molecule has 0 spiro atoms. The predicted molar refractivity (Wildman–Crippen MR) is 149 cm³/mol. The quantitative estimate of drug-likeness (QED) is 0.174. The van der Waals surface area contributed by atoms with E-state index in [2.05, 4.69) is 49.0 Å². The zero-order valence-electron chi connectivity index (χ0n) is 19.2. The van der Waals surface area contributed by atoms with E-state index in [1.807, 2.05) is 72.9 Å². The third-order valence-corrected chi connectivity index (χ3v) is 7.19. The van der Waals surface area contributed by atoms with Crippen molar-refractivity contribution in [1.29, 1.82) is 5.26 Å². The monoisotopic (exact) mass is 552 g/mol. The van der Waals surface area contributed by atoms with Crippen LogP contribution in [0.3, 0.4) is 0 Å². The number of fused-ring (bicyclic) bond motifs is 1. The molecule has 0 atom stereocenters. The minimum atomic E-state index is -0.470. The number of nitrogens with one attached hydrogen (secondary N) is 1. The zero-order chi connectivity index (χ0) is 24.9. The Morgan fingerprint density at radius 3 is 2.56 bits per heavy atom. The van der Waals surface area contributed by atoms with Crippen LogP contribution in [0.25, 0.3) is 17.0 Å². The first-order valence-electron chi connectivity index (χ1n) is 11.3. The molecule has 0 saturated heterocycles. The number of benzene rings is 3. The molecular formula is C29H21BrN4OS. The molecule has 176 valence electrons. The van der Waals surface area contributed by atoms with E-state index in [9.17, 15) is 10.1 Å². The number of thiazole rings is 1. The van der Waals surface area contributed by atoms with E-state index in [4.69, 9.17) is 0 Å². The van der Waals surface area contributed by atoms with E-state index in [0.29, 0.717) is 11.7 Å². The third kappa shape index (κ3) is 5.46. The Kier molecular flexibility index (Phi) is 7.08. The van der Waals surface area contributed by atoms with E-state index in [1.54, 1.807) is 12.3 Å². The molecule has 36 heavy (non-hydrogen) atoms. The highest BCUT2D eigenvalue weighted by Gasteiger charge is 2.15. The van der Waals surface area contributed by atoms with Crippen molar-refractivity contribution >= 4 is 55.3 Å². The topological polar surface area (TPSA) is 70.7 Å². The van der Waals surface area contributed by atoms with Gasteiger partial charge in [-0.25, -0.2) is 4.98 Å². The maximum Gasteiger partial charge on any atom is 0.268 e. The summed E-state index contributed by atoms with van der Waals surface area (Å²) in [7, 11) is 0. The highest BCUT2D eigenvalue weighted by Crippen LogP contribution is 2.26. The van der Waals surface area contributed by atoms with Crippen LogP contribution >= 0.6 is 27.3 Å². The number of aromatic nitrogens is 2. The molecule has 0 unspecified atom stereocenters. The van der Waals surface area contributed by atoms with Crippen LogP contribution in [0.1, 0.15) is 21.6 Å². The van der Waals surface area contributed by atoms with Crippen molar-refractivity contribution in [2.75, 3.05) is 5.32 Å². The van der Waals surface area contributed by atoms with E-state index in [0.717, 1.165) is 37.8 Å². The molecule has 0 bridgehead atoms. The van der Waals surface area contributed by atoms with Crippen molar-refractivity contribution in [2.45, 2.75) is 13.0 Å². The van der Waals surface area contributed by atoms with Gasteiger partial charge in [0.15, 0.2) is 5.13 Å². The summed E-state index contributed by atoms with van der Waals surface area (Å²) in [5.74, 6) is -0.470. The molecule has 0 fully saturated rings. The van der Waals surface area contributed by atoms with E-state index < -0.39 is 5.91 Å². The Morgan fingerprint density at radius 2 is 1.78 bits per heavy atom. The van der Waals surface area contributed by atoms with Crippen LogP contribution in [-0.2, 0) is 17.8 Å². The van der Waals surface area contributed by atoms with Crippen LogP contribution in [0.5, 0.6) is 0 Å². The van der Waals surface area contributed by atoms with Crippen molar-refractivity contribution in [2.24, 2.45) is 0 Å². The lowest BCUT2D eigenvalue weighted by atomic mass is 10.1. The second kappa shape index (κ2) is 10.7. The summed E-state index contributed by atoms with van der Waals surface area (Å²) in [5.41, 5.74) is 4.23. The molecule has 3 aromatic carbocycles. The first-order chi connectivity index (χ1) is 17.6. The highest BCUT2D eigenvalue weighted by atomic mass is 79.9. The maximum absolute atomic E-state index is 12.9. The molecule has 0 aliphatic rings. The Balaban J connectivity index is 1.36. The molecule has 5 nitrogen and oxygen atoms in total. The summed E-state index contributed by atoms with van der Waals surface area (Å²) in [6, 6.07) is 28.3. The SMILES string of the molecule is N#C/C(=C\c1cn(Cc2ccccc2)c2ccccc12)C(=O)Nc1ncc(Cc2ccc(Br)cc2)s1. The fraction of sp³-hybridized carbons (Fsp3) is 0.0690. The van der Waals surface area contributed by atoms with Gasteiger partial charge in [0.2, 0.25) is 0 Å². The second-order valence-electron chi connectivity index (χ2n) is 8.27. The number of carbonyl (C=O) groups excluding carboxylic acids is 1. The molecule has 0 radical (unpaired) electrons. The third-order valence-electron chi connectivity index (χ3n) is 5.75. The summed E-state index contributed by atoms with van der Waals surface area (Å²) in [6.07, 6.45) is 6.12. The minimum absolute atomic E-state index is 0.0299. The summed E-state index contributed by atoms with van der Waals surface area (Å²) < 4.78 is 3.17. The molecule has 1 amide bonds. The largest absolute Gasteiger partial charge is 0.342 e. The molecule has 0 saturated carbocycles. The molecule has 1 N–H and O–H groups in total. The van der Waals surface area contributed by atoms with Crippen molar-refractivity contribution in [3.63, 3.8) is 0 Å². The van der Waals surface area contributed by atoms with Crippen molar-refractivity contribution in [3.8, 4) is 6.07 Å². The van der Waals surface area contributed by atoms with E-state index in [-0.39, 0.29) is 5.57 Å². The Hall–Kier alpha value is -3.99. The summed E-state index contributed by atoms with van der Waals surface area (Å²) in [5, 5.41) is 14.0. The lowest BCUT2D eigenvalue weighted by Crippen LogP contribution is -2.13. The molecule has 7 heteroatoms. The fourth-order valence-electron chi connectivity index (χ4n) is 4.02. The van der Waals surface area contributed by atoms with Crippen LogP contribution in [0.2, 0.25) is 0 Å². The molecule has 2 heterocycles. The predicted octanol–water partition coefficient (Wildman–Crippen LogP) is 7.05. The van der Waals surface area contributed by atoms with Crippen LogP contribution in [0.15, 0.2) is 101 Å². The van der Waals surface area contributed by atoms with Crippen LogP contribution < -0.4 is 5.32 Å². The van der Waals surface area contributed by atoms with Gasteiger partial charge in [-0.2, -0.15) is 5.26 Å². The first kappa shape index (κ1) is 23.7. The number of carbonyl (C=O) groups is 1. The summed E-state index contributed by atoms with van der Waals surface area (Å²) in [4.78, 5) is 18.3. The van der Waals surface area contributed by atoms with Gasteiger partial charge in [0.25, 0.3) is 5.91 Å². The van der Waals surface area contributed by atoms with Gasteiger partial charge in [-0.15, -0.1) is 11.3 Å². The minimum Gasteiger partial charge on any atom is -0.342 e. The average Bonchev–Trinajstić information content (AvgIpc) is 3.48. The van der Waals surface area contributed by atoms with Gasteiger partial charge in [-0.3, -0.25) is 10.1 Å². The van der Waals surface area contributed by atoms with Crippen molar-refractivity contribution in [1.82, 2.24) is 9.55 Å². The van der Waals surface area contributed by atoms with Gasteiger partial charge in [0, 0.05) is 51.2 Å². The average molecular weight is 553 g/mol. The number of nitrogens with zero attached hydrogens (tertiary/aromatic N) is 3. The van der Waals surface area contributed by atoms with Crippen molar-refractivity contribution in [3.05, 3.63) is 123 Å². The number of hydrogen-bond acceptors (Lipinski definition) is 4. The Bertz CT molecular complexity index is 1590. The lowest BCUT2D eigenvalue weighted by Gasteiger charge is -2.05. The molecule has 0 aliphatic carbocycles. The molecule has 5 aromatic rings. The highest BCUT2D eigenvalue weighted by molar-refractivity contribution is 9.10. The normalized spacial score (nSPS) is 11.4. The molecular weight excluding hydrogens is 532 g/mol. The number of nitriles is 1. The second-order valence-corrected chi connectivity index (χ2v) is 10.3. The Morgan fingerprint density at radius 1 is 1.03 bits per heavy atom. The van der Waals surface area contributed by atoms with Crippen LogP contribution in [0, 0.1) is 11.3 Å². The van der Waals surface area contributed by atoms with Gasteiger partial charge in [0.05, 0.1) is 0 Å². The Labute approximate surface area is 221 Å². The summed E-state index contributed by atoms with van der Waals surface area (Å²) >= 11 is 4.85. The zero-order valence-corrected chi connectivity index (χ0v) is 21.6. The summed E-state index contributed by atoms with van der Waals surface area (Å²) in [6.45, 7) is 0.698. The standard InChI is InChI=1S/C29H21BrN4OS/c30-24-12-10-20(11-13-24)14-25-17-32-29(36-25)33-28(35)22(16-31)15-23-19-34(18-21-6-2-1-3-7-21)27-9-5-4-8-26(23)27/h1-13,15,17,19H,14,18H2,(H,32,33,35)/b22-15+. The molecule has 0 aliphatic heterocycles. The number of amides is 1. The lowest BCUT2D eigenvalue weighted by molar-refractivity contribution is -0.112. The number of rotatable bonds is 7. The number of halogens is 1. The fourth-order valence-corrected chi connectivity index (χ4v) is 5.13. The number of anilines is 1.